The number of hydrogen-bond donors (Lipinski definition) is 1. The molecule has 0 aliphatic carbocycles. The zero-order valence-corrected chi connectivity index (χ0v) is 13.8. The van der Waals surface area contributed by atoms with Crippen molar-refractivity contribution in [1.29, 1.82) is 0 Å². The number of nitrogens with one attached hydrogen (secondary N) is 1. The van der Waals surface area contributed by atoms with E-state index in [1.807, 2.05) is 13.0 Å². The van der Waals surface area contributed by atoms with Crippen LogP contribution < -0.4 is 5.56 Å². The number of carbonyl (C=O) groups is 1. The van der Waals surface area contributed by atoms with Crippen LogP contribution in [0.4, 0.5) is 0 Å². The number of morpholine rings is 1. The van der Waals surface area contributed by atoms with E-state index < -0.39 is 0 Å². The second-order valence-electron chi connectivity index (χ2n) is 5.88. The Kier molecular flexibility index (Phi) is 4.71. The molecule has 126 valence electrons. The van der Waals surface area contributed by atoms with Crippen molar-refractivity contribution in [1.82, 2.24) is 19.9 Å². The number of hydrogen-bond acceptors (Lipinski definition) is 5. The van der Waals surface area contributed by atoms with Crippen LogP contribution in [0, 0.1) is 6.92 Å². The highest BCUT2D eigenvalue weighted by Gasteiger charge is 2.25. The molecule has 0 radical (unpaired) electrons. The Morgan fingerprint density at radius 1 is 1.46 bits per heavy atom. The van der Waals surface area contributed by atoms with Gasteiger partial charge in [-0.3, -0.25) is 14.6 Å². The SMILES string of the molecule is Cc1nc(-c2ccccn2)[nH]c(=O)c1CC(=O)N1CCOCC1C. The van der Waals surface area contributed by atoms with E-state index in [1.165, 1.54) is 0 Å². The zero-order valence-electron chi connectivity index (χ0n) is 13.8. The molecule has 3 heterocycles. The van der Waals surface area contributed by atoms with E-state index in [9.17, 15) is 9.59 Å². The van der Waals surface area contributed by atoms with Crippen molar-refractivity contribution < 1.29 is 9.53 Å². The first-order chi connectivity index (χ1) is 11.6. The number of pyridine rings is 1. The van der Waals surface area contributed by atoms with Gasteiger partial charge < -0.3 is 14.6 Å². The summed E-state index contributed by atoms with van der Waals surface area (Å²) in [6.45, 7) is 5.29. The van der Waals surface area contributed by atoms with Crippen LogP contribution in [0.3, 0.4) is 0 Å². The topological polar surface area (TPSA) is 88.2 Å². The summed E-state index contributed by atoms with van der Waals surface area (Å²) in [5, 5.41) is 0. The maximum atomic E-state index is 12.5. The van der Waals surface area contributed by atoms with E-state index in [-0.39, 0.29) is 23.9 Å². The van der Waals surface area contributed by atoms with E-state index in [0.717, 1.165) is 0 Å². The fourth-order valence-electron chi connectivity index (χ4n) is 2.79. The quantitative estimate of drug-likeness (QED) is 0.905. The minimum absolute atomic E-state index is 0.0198. The van der Waals surface area contributed by atoms with Crippen molar-refractivity contribution in [2.75, 3.05) is 19.8 Å². The van der Waals surface area contributed by atoms with Crippen LogP contribution in [0.5, 0.6) is 0 Å². The lowest BCUT2D eigenvalue weighted by Gasteiger charge is -2.33. The van der Waals surface area contributed by atoms with Gasteiger partial charge in [0.15, 0.2) is 5.82 Å². The molecule has 1 saturated heterocycles. The van der Waals surface area contributed by atoms with E-state index in [2.05, 4.69) is 15.0 Å². The number of amides is 1. The van der Waals surface area contributed by atoms with Crippen LogP contribution in [-0.2, 0) is 16.0 Å². The average Bonchev–Trinajstić information content (AvgIpc) is 2.59. The van der Waals surface area contributed by atoms with Crippen molar-refractivity contribution in [3.05, 3.63) is 46.0 Å². The predicted molar refractivity (Wildman–Crippen MR) is 88.5 cm³/mol. The van der Waals surface area contributed by atoms with Gasteiger partial charge in [-0.1, -0.05) is 6.07 Å². The highest BCUT2D eigenvalue weighted by atomic mass is 16.5. The normalized spacial score (nSPS) is 17.8. The van der Waals surface area contributed by atoms with E-state index in [4.69, 9.17) is 4.74 Å². The fraction of sp³-hybridized carbons (Fsp3) is 0.412. The molecule has 0 bridgehead atoms. The van der Waals surface area contributed by atoms with Crippen molar-refractivity contribution >= 4 is 5.91 Å². The Morgan fingerprint density at radius 3 is 2.96 bits per heavy atom. The Balaban J connectivity index is 1.84. The molecule has 0 saturated carbocycles. The number of aromatic nitrogens is 3. The highest BCUT2D eigenvalue weighted by Crippen LogP contribution is 2.13. The van der Waals surface area contributed by atoms with Gasteiger partial charge in [-0.05, 0) is 26.0 Å². The Bertz CT molecular complexity index is 788. The second kappa shape index (κ2) is 6.92. The van der Waals surface area contributed by atoms with Gasteiger partial charge in [-0.25, -0.2) is 4.98 Å². The fourth-order valence-corrected chi connectivity index (χ4v) is 2.79. The summed E-state index contributed by atoms with van der Waals surface area (Å²) in [7, 11) is 0. The molecule has 2 aromatic heterocycles. The molecule has 2 aromatic rings. The van der Waals surface area contributed by atoms with Crippen LogP contribution in [0.1, 0.15) is 18.2 Å². The summed E-state index contributed by atoms with van der Waals surface area (Å²) in [6, 6.07) is 5.42. The molecule has 1 atom stereocenters. The largest absolute Gasteiger partial charge is 0.377 e. The lowest BCUT2D eigenvalue weighted by Crippen LogP contribution is -2.48. The zero-order chi connectivity index (χ0) is 17.1. The van der Waals surface area contributed by atoms with Gasteiger partial charge in [0.25, 0.3) is 5.56 Å². The van der Waals surface area contributed by atoms with Gasteiger partial charge in [0.2, 0.25) is 5.91 Å². The number of aryl methyl sites for hydroxylation is 1. The first-order valence-electron chi connectivity index (χ1n) is 7.94. The van der Waals surface area contributed by atoms with Gasteiger partial charge in [0.1, 0.15) is 5.69 Å². The molecule has 3 rings (SSSR count). The average molecular weight is 328 g/mol. The number of rotatable bonds is 3. The summed E-state index contributed by atoms with van der Waals surface area (Å²) in [6.07, 6.45) is 1.68. The number of nitrogens with zero attached hydrogens (tertiary/aromatic N) is 3. The van der Waals surface area contributed by atoms with Crippen molar-refractivity contribution in [2.45, 2.75) is 26.3 Å². The Labute approximate surface area is 139 Å². The number of ether oxygens (including phenoxy) is 1. The van der Waals surface area contributed by atoms with Crippen molar-refractivity contribution in [3.63, 3.8) is 0 Å². The molecule has 0 aromatic carbocycles. The molecular weight excluding hydrogens is 308 g/mol. The lowest BCUT2D eigenvalue weighted by atomic mass is 10.1. The first kappa shape index (κ1) is 16.3. The van der Waals surface area contributed by atoms with Crippen LogP contribution in [0.2, 0.25) is 0 Å². The minimum Gasteiger partial charge on any atom is -0.377 e. The van der Waals surface area contributed by atoms with Gasteiger partial charge in [0.05, 0.1) is 25.7 Å². The molecule has 1 amide bonds. The van der Waals surface area contributed by atoms with Crippen molar-refractivity contribution in [2.24, 2.45) is 0 Å². The van der Waals surface area contributed by atoms with Gasteiger partial charge in [0, 0.05) is 24.0 Å². The van der Waals surface area contributed by atoms with Crippen molar-refractivity contribution in [3.8, 4) is 11.5 Å². The third kappa shape index (κ3) is 3.35. The monoisotopic (exact) mass is 328 g/mol. The van der Waals surface area contributed by atoms with Crippen LogP contribution in [-0.4, -0.2) is 51.6 Å². The number of carbonyl (C=O) groups excluding carboxylic acids is 1. The number of aromatic amines is 1. The Hall–Kier alpha value is -2.54. The molecule has 1 fully saturated rings. The molecule has 7 heteroatoms. The maximum Gasteiger partial charge on any atom is 0.255 e. The summed E-state index contributed by atoms with van der Waals surface area (Å²) in [5.74, 6) is 0.334. The maximum absolute atomic E-state index is 12.5. The van der Waals surface area contributed by atoms with E-state index >= 15 is 0 Å². The lowest BCUT2D eigenvalue weighted by molar-refractivity contribution is -0.138. The van der Waals surface area contributed by atoms with Gasteiger partial charge in [-0.15, -0.1) is 0 Å². The molecule has 0 spiro atoms. The minimum atomic E-state index is -0.294. The molecule has 24 heavy (non-hydrogen) atoms. The first-order valence-corrected chi connectivity index (χ1v) is 7.94. The second-order valence-corrected chi connectivity index (χ2v) is 5.88. The molecule has 1 N–H and O–H groups in total. The molecule has 1 aliphatic rings. The summed E-state index contributed by atoms with van der Waals surface area (Å²) in [5.41, 5.74) is 1.25. The smallest absolute Gasteiger partial charge is 0.255 e. The van der Waals surface area contributed by atoms with Gasteiger partial charge in [-0.2, -0.15) is 0 Å². The molecule has 7 nitrogen and oxygen atoms in total. The summed E-state index contributed by atoms with van der Waals surface area (Å²) >= 11 is 0. The number of H-pyrrole nitrogens is 1. The van der Waals surface area contributed by atoms with Crippen LogP contribution in [0.15, 0.2) is 29.2 Å². The van der Waals surface area contributed by atoms with E-state index in [1.54, 1.807) is 30.2 Å². The summed E-state index contributed by atoms with van der Waals surface area (Å²) < 4.78 is 5.34. The molecule has 1 unspecified atom stereocenters. The Morgan fingerprint density at radius 2 is 2.29 bits per heavy atom. The van der Waals surface area contributed by atoms with Crippen LogP contribution in [0.25, 0.3) is 11.5 Å². The third-order valence-corrected chi connectivity index (χ3v) is 4.15. The highest BCUT2D eigenvalue weighted by molar-refractivity contribution is 5.79. The third-order valence-electron chi connectivity index (χ3n) is 4.15. The van der Waals surface area contributed by atoms with Gasteiger partial charge >= 0.3 is 0 Å². The van der Waals surface area contributed by atoms with E-state index in [0.29, 0.717) is 42.5 Å². The standard InChI is InChI=1S/C17H20N4O3/c1-11-10-24-8-7-21(11)15(22)9-13-12(2)19-16(20-17(13)23)14-5-3-4-6-18-14/h3-6,11H,7-10H2,1-2H3,(H,19,20,23). The van der Waals surface area contributed by atoms with Crippen LogP contribution >= 0.6 is 0 Å². The molecular formula is C17H20N4O3. The molecule has 1 aliphatic heterocycles. The predicted octanol–water partition coefficient (Wildman–Crippen LogP) is 0.930. The summed E-state index contributed by atoms with van der Waals surface area (Å²) in [4.78, 5) is 38.0.